The van der Waals surface area contributed by atoms with E-state index in [9.17, 15) is 13.2 Å². The van der Waals surface area contributed by atoms with E-state index in [1.54, 1.807) is 11.1 Å². The minimum atomic E-state index is -3.94. The van der Waals surface area contributed by atoms with Crippen LogP contribution in [0.1, 0.15) is 34.8 Å². The minimum absolute atomic E-state index is 0.189. The Hall–Kier alpha value is -2.13. The topological polar surface area (TPSA) is 122 Å². The van der Waals surface area contributed by atoms with Gasteiger partial charge in [0.15, 0.2) is 0 Å². The largest absolute Gasteiger partial charge is 0.451 e. The van der Waals surface area contributed by atoms with E-state index in [1.165, 1.54) is 0 Å². The highest BCUT2D eigenvalue weighted by Crippen LogP contribution is 2.26. The summed E-state index contributed by atoms with van der Waals surface area (Å²) in [5, 5.41) is 11.4. The molecule has 1 saturated heterocycles. The summed E-state index contributed by atoms with van der Waals surface area (Å²) in [6.07, 6.45) is 4.65. The van der Waals surface area contributed by atoms with Crippen molar-refractivity contribution in [2.75, 3.05) is 13.1 Å². The van der Waals surface area contributed by atoms with Crippen LogP contribution in [-0.4, -0.2) is 42.5 Å². The van der Waals surface area contributed by atoms with E-state index in [2.05, 4.69) is 10.2 Å². The van der Waals surface area contributed by atoms with Crippen LogP contribution in [0, 0.1) is 0 Å². The Morgan fingerprint density at radius 3 is 2.95 bits per heavy atom. The first-order chi connectivity index (χ1) is 10.4. The van der Waals surface area contributed by atoms with Gasteiger partial charge in [0.25, 0.3) is 15.9 Å². The fraction of sp³-hybridized carbons (Fsp3) is 0.385. The average Bonchev–Trinajstić information content (AvgIpc) is 3.17. The number of hydrogen-bond acceptors (Lipinski definition) is 5. The maximum Gasteiger partial charge on any atom is 0.271 e. The lowest BCUT2D eigenvalue weighted by atomic mass is 9.94. The second-order valence-corrected chi connectivity index (χ2v) is 6.79. The number of H-pyrrole nitrogens is 1. The number of carbonyl (C=O) groups is 1. The summed E-state index contributed by atoms with van der Waals surface area (Å²) in [5.41, 5.74) is 1.18. The molecule has 0 radical (unpaired) electrons. The van der Waals surface area contributed by atoms with Crippen LogP contribution in [-0.2, 0) is 10.0 Å². The molecule has 3 heterocycles. The molecule has 3 N–H and O–H groups in total. The van der Waals surface area contributed by atoms with Gasteiger partial charge in [-0.3, -0.25) is 9.89 Å². The van der Waals surface area contributed by atoms with E-state index in [0.29, 0.717) is 13.1 Å². The quantitative estimate of drug-likeness (QED) is 0.859. The Balaban J connectivity index is 1.76. The first-order valence-electron chi connectivity index (χ1n) is 6.85. The Labute approximate surface area is 127 Å². The number of amides is 1. The van der Waals surface area contributed by atoms with Gasteiger partial charge in [0, 0.05) is 37.0 Å². The molecular formula is C13H16N4O4S. The summed E-state index contributed by atoms with van der Waals surface area (Å²) in [5.74, 6) is -0.0623. The van der Waals surface area contributed by atoms with Gasteiger partial charge in [-0.15, -0.1) is 0 Å². The second-order valence-electron chi connectivity index (χ2n) is 5.30. The number of sulfonamides is 1. The predicted octanol–water partition coefficient (Wildman–Crippen LogP) is 0.670. The summed E-state index contributed by atoms with van der Waals surface area (Å²) in [6, 6.07) is 3.06. The third kappa shape index (κ3) is 2.90. The molecule has 8 nitrogen and oxygen atoms in total. The summed E-state index contributed by atoms with van der Waals surface area (Å²) in [7, 11) is -3.94. The Kier molecular flexibility index (Phi) is 3.75. The molecule has 1 aliphatic heterocycles. The van der Waals surface area contributed by atoms with Gasteiger partial charge in [-0.1, -0.05) is 0 Å². The smallest absolute Gasteiger partial charge is 0.271 e. The van der Waals surface area contributed by atoms with Crippen molar-refractivity contribution in [3.05, 3.63) is 35.9 Å². The molecular weight excluding hydrogens is 308 g/mol. The molecule has 0 aliphatic carbocycles. The van der Waals surface area contributed by atoms with Gasteiger partial charge in [0.1, 0.15) is 6.26 Å². The van der Waals surface area contributed by atoms with Crippen molar-refractivity contribution in [2.24, 2.45) is 5.14 Å². The number of rotatable bonds is 3. The lowest BCUT2D eigenvalue weighted by molar-refractivity contribution is 0.0705. The zero-order valence-corrected chi connectivity index (χ0v) is 12.5. The van der Waals surface area contributed by atoms with Gasteiger partial charge in [0.2, 0.25) is 5.09 Å². The fourth-order valence-electron chi connectivity index (χ4n) is 2.67. The number of piperidine rings is 1. The van der Waals surface area contributed by atoms with Crippen LogP contribution in [0.2, 0.25) is 0 Å². The molecule has 2 aromatic heterocycles. The van der Waals surface area contributed by atoms with Crippen LogP contribution < -0.4 is 5.14 Å². The number of primary sulfonamides is 1. The molecule has 0 aromatic carbocycles. The first kappa shape index (κ1) is 14.8. The SMILES string of the molecule is NS(=O)(=O)c1cc(C(=O)N2CCCC(c3ccn[nH]3)C2)co1. The number of nitrogens with two attached hydrogens (primary N) is 1. The van der Waals surface area contributed by atoms with Crippen LogP contribution in [0.4, 0.5) is 0 Å². The number of furan rings is 1. The van der Waals surface area contributed by atoms with Crippen LogP contribution >= 0.6 is 0 Å². The van der Waals surface area contributed by atoms with Crippen molar-refractivity contribution in [2.45, 2.75) is 23.9 Å². The van der Waals surface area contributed by atoms with Gasteiger partial charge >= 0.3 is 0 Å². The maximum atomic E-state index is 12.5. The number of aromatic nitrogens is 2. The van der Waals surface area contributed by atoms with Crippen LogP contribution in [0.3, 0.4) is 0 Å². The molecule has 1 unspecified atom stereocenters. The average molecular weight is 324 g/mol. The first-order valence-corrected chi connectivity index (χ1v) is 8.39. The summed E-state index contributed by atoms with van der Waals surface area (Å²) in [4.78, 5) is 14.1. The normalized spacial score (nSPS) is 19.3. The molecule has 3 rings (SSSR count). The lowest BCUT2D eigenvalue weighted by Gasteiger charge is -2.31. The zero-order valence-electron chi connectivity index (χ0n) is 11.7. The predicted molar refractivity (Wildman–Crippen MR) is 76.5 cm³/mol. The van der Waals surface area contributed by atoms with Crippen molar-refractivity contribution >= 4 is 15.9 Å². The van der Waals surface area contributed by atoms with E-state index in [1.807, 2.05) is 6.07 Å². The Bertz CT molecular complexity index is 766. The summed E-state index contributed by atoms with van der Waals surface area (Å²) in [6.45, 7) is 1.18. The molecule has 2 aromatic rings. The Morgan fingerprint density at radius 2 is 2.32 bits per heavy atom. The van der Waals surface area contributed by atoms with E-state index in [-0.39, 0.29) is 17.4 Å². The minimum Gasteiger partial charge on any atom is -0.451 e. The molecule has 118 valence electrons. The fourth-order valence-corrected chi connectivity index (χ4v) is 3.14. The van der Waals surface area contributed by atoms with Crippen molar-refractivity contribution in [3.8, 4) is 0 Å². The lowest BCUT2D eigenvalue weighted by Crippen LogP contribution is -2.39. The number of likely N-dealkylation sites (tertiary alicyclic amines) is 1. The van der Waals surface area contributed by atoms with Gasteiger partial charge in [0.05, 0.1) is 5.56 Å². The number of hydrogen-bond donors (Lipinski definition) is 2. The molecule has 1 amide bonds. The molecule has 0 saturated carbocycles. The molecule has 22 heavy (non-hydrogen) atoms. The van der Waals surface area contributed by atoms with E-state index in [4.69, 9.17) is 9.56 Å². The summed E-state index contributed by atoms with van der Waals surface area (Å²) >= 11 is 0. The van der Waals surface area contributed by atoms with Crippen molar-refractivity contribution in [1.82, 2.24) is 15.1 Å². The van der Waals surface area contributed by atoms with E-state index in [0.717, 1.165) is 30.9 Å². The monoisotopic (exact) mass is 324 g/mol. The second kappa shape index (κ2) is 5.58. The standard InChI is InChI=1S/C13H16N4O4S/c14-22(19,20)12-6-10(8-21-12)13(18)17-5-1-2-9(7-17)11-3-4-15-16-11/h3-4,6,8-9H,1-2,5,7H2,(H,15,16)(H2,14,19,20). The molecule has 1 fully saturated rings. The molecule has 0 spiro atoms. The van der Waals surface area contributed by atoms with E-state index >= 15 is 0 Å². The van der Waals surface area contributed by atoms with Crippen LogP contribution in [0.5, 0.6) is 0 Å². The van der Waals surface area contributed by atoms with Crippen LogP contribution in [0.15, 0.2) is 34.1 Å². The number of nitrogens with zero attached hydrogens (tertiary/aromatic N) is 2. The molecule has 0 bridgehead atoms. The van der Waals surface area contributed by atoms with E-state index < -0.39 is 15.1 Å². The van der Waals surface area contributed by atoms with Crippen molar-refractivity contribution < 1.29 is 17.6 Å². The van der Waals surface area contributed by atoms with Crippen LogP contribution in [0.25, 0.3) is 0 Å². The van der Waals surface area contributed by atoms with Crippen molar-refractivity contribution in [1.29, 1.82) is 0 Å². The highest BCUT2D eigenvalue weighted by atomic mass is 32.2. The number of aromatic amines is 1. The van der Waals surface area contributed by atoms with Crippen molar-refractivity contribution in [3.63, 3.8) is 0 Å². The molecule has 9 heteroatoms. The third-order valence-electron chi connectivity index (χ3n) is 3.77. The highest BCUT2D eigenvalue weighted by Gasteiger charge is 2.28. The van der Waals surface area contributed by atoms with Gasteiger partial charge in [-0.05, 0) is 18.9 Å². The number of nitrogens with one attached hydrogen (secondary N) is 1. The molecule has 1 atom stereocenters. The van der Waals surface area contributed by atoms with Gasteiger partial charge in [-0.25, -0.2) is 13.6 Å². The molecule has 1 aliphatic rings. The maximum absolute atomic E-state index is 12.5. The van der Waals surface area contributed by atoms with Gasteiger partial charge < -0.3 is 9.32 Å². The summed E-state index contributed by atoms with van der Waals surface area (Å²) < 4.78 is 27.3. The Morgan fingerprint density at radius 1 is 1.50 bits per heavy atom. The zero-order chi connectivity index (χ0) is 15.7. The third-order valence-corrected chi connectivity index (χ3v) is 4.55. The van der Waals surface area contributed by atoms with Gasteiger partial charge in [-0.2, -0.15) is 5.10 Å². The highest BCUT2D eigenvalue weighted by molar-refractivity contribution is 7.89. The number of carbonyl (C=O) groups excluding carboxylic acids is 1.